The molecule has 0 bridgehead atoms. The van der Waals surface area contributed by atoms with E-state index < -0.39 is 0 Å². The van der Waals surface area contributed by atoms with Crippen molar-refractivity contribution in [2.24, 2.45) is 0 Å². The summed E-state index contributed by atoms with van der Waals surface area (Å²) in [4.78, 5) is 25.6. The molecule has 2 aromatic carbocycles. The molecule has 0 aliphatic rings. The molecule has 1 N–H and O–H groups in total. The third kappa shape index (κ3) is 4.43. The molecular formula is C19H19N3O2. The Morgan fingerprint density at radius 3 is 2.17 bits per heavy atom. The Balaban J connectivity index is 2.13. The van der Waals surface area contributed by atoms with Gasteiger partial charge in [-0.05, 0) is 61.4 Å². The fourth-order valence-electron chi connectivity index (χ4n) is 2.46. The summed E-state index contributed by atoms with van der Waals surface area (Å²) in [5.74, 6) is -0.496. The van der Waals surface area contributed by atoms with Crippen LogP contribution in [0.5, 0.6) is 0 Å². The number of carbonyl (C=O) groups excluding carboxylic acids is 2. The second-order valence-electron chi connectivity index (χ2n) is 5.69. The zero-order chi connectivity index (χ0) is 17.7. The lowest BCUT2D eigenvalue weighted by Crippen LogP contribution is -2.36. The third-order valence-corrected chi connectivity index (χ3v) is 3.50. The fourth-order valence-corrected chi connectivity index (χ4v) is 2.46. The van der Waals surface area contributed by atoms with Crippen LogP contribution in [-0.2, 0) is 9.59 Å². The highest BCUT2D eigenvalue weighted by molar-refractivity contribution is 6.01. The maximum absolute atomic E-state index is 12.3. The molecule has 2 amide bonds. The van der Waals surface area contributed by atoms with E-state index in [1.807, 2.05) is 38.1 Å². The van der Waals surface area contributed by atoms with Crippen molar-refractivity contribution in [3.63, 3.8) is 0 Å². The topological polar surface area (TPSA) is 73.2 Å². The highest BCUT2D eigenvalue weighted by Crippen LogP contribution is 2.19. The van der Waals surface area contributed by atoms with Gasteiger partial charge in [-0.3, -0.25) is 9.59 Å². The minimum absolute atomic E-state index is 0.0712. The number of nitriles is 1. The van der Waals surface area contributed by atoms with Gasteiger partial charge in [-0.1, -0.05) is 6.07 Å². The molecule has 0 aliphatic heterocycles. The minimum atomic E-state index is -0.297. The first-order chi connectivity index (χ1) is 11.4. The van der Waals surface area contributed by atoms with Crippen LogP contribution < -0.4 is 10.2 Å². The van der Waals surface area contributed by atoms with Crippen molar-refractivity contribution in [3.8, 4) is 6.07 Å². The van der Waals surface area contributed by atoms with Crippen molar-refractivity contribution in [2.45, 2.75) is 20.8 Å². The molecule has 24 heavy (non-hydrogen) atoms. The van der Waals surface area contributed by atoms with E-state index >= 15 is 0 Å². The Morgan fingerprint density at radius 1 is 1.08 bits per heavy atom. The predicted molar refractivity (Wildman–Crippen MR) is 93.7 cm³/mol. The molecule has 0 spiro atoms. The molecule has 0 aliphatic carbocycles. The zero-order valence-electron chi connectivity index (χ0n) is 14.0. The number of aryl methyl sites for hydroxylation is 2. The number of rotatable bonds is 4. The molecule has 2 rings (SSSR count). The zero-order valence-corrected chi connectivity index (χ0v) is 14.0. The lowest BCUT2D eigenvalue weighted by molar-refractivity contribution is -0.120. The summed E-state index contributed by atoms with van der Waals surface area (Å²) in [7, 11) is 0. The molecule has 0 saturated heterocycles. The number of benzene rings is 2. The Kier molecular flexibility index (Phi) is 5.33. The fraction of sp³-hybridized carbons (Fsp3) is 0.211. The lowest BCUT2D eigenvalue weighted by Gasteiger charge is -2.21. The first-order valence-electron chi connectivity index (χ1n) is 7.55. The molecule has 0 fully saturated rings. The highest BCUT2D eigenvalue weighted by atomic mass is 16.2. The number of amides is 2. The molecule has 0 heterocycles. The summed E-state index contributed by atoms with van der Waals surface area (Å²) >= 11 is 0. The molecule has 0 unspecified atom stereocenters. The van der Waals surface area contributed by atoms with Gasteiger partial charge in [0.25, 0.3) is 0 Å². The maximum Gasteiger partial charge on any atom is 0.244 e. The molecule has 5 heteroatoms. The van der Waals surface area contributed by atoms with E-state index in [9.17, 15) is 9.59 Å². The van der Waals surface area contributed by atoms with Crippen LogP contribution in [0, 0.1) is 25.2 Å². The molecule has 0 atom stereocenters. The van der Waals surface area contributed by atoms with E-state index in [0.29, 0.717) is 16.9 Å². The predicted octanol–water partition coefficient (Wildman–Crippen LogP) is 3.17. The van der Waals surface area contributed by atoms with Crippen LogP contribution in [0.25, 0.3) is 0 Å². The van der Waals surface area contributed by atoms with E-state index in [1.54, 1.807) is 24.3 Å². The smallest absolute Gasteiger partial charge is 0.244 e. The number of hydrogen-bond donors (Lipinski definition) is 1. The van der Waals surface area contributed by atoms with Crippen LogP contribution >= 0.6 is 0 Å². The van der Waals surface area contributed by atoms with Crippen LogP contribution in [0.15, 0.2) is 42.5 Å². The average Bonchev–Trinajstić information content (AvgIpc) is 2.52. The Morgan fingerprint density at radius 2 is 1.67 bits per heavy atom. The molecule has 0 saturated carbocycles. The molecule has 0 aromatic heterocycles. The largest absolute Gasteiger partial charge is 0.325 e. The number of nitrogens with zero attached hydrogens (tertiary/aromatic N) is 2. The van der Waals surface area contributed by atoms with Gasteiger partial charge in [0.1, 0.15) is 6.54 Å². The normalized spacial score (nSPS) is 9.92. The van der Waals surface area contributed by atoms with Gasteiger partial charge in [0, 0.05) is 18.3 Å². The highest BCUT2D eigenvalue weighted by Gasteiger charge is 2.16. The van der Waals surface area contributed by atoms with Gasteiger partial charge in [0.2, 0.25) is 11.8 Å². The number of anilines is 2. The van der Waals surface area contributed by atoms with Gasteiger partial charge in [0.15, 0.2) is 0 Å². The maximum atomic E-state index is 12.3. The van der Waals surface area contributed by atoms with Crippen LogP contribution in [0.2, 0.25) is 0 Å². The SMILES string of the molecule is CC(=O)N(CC(=O)Nc1ccc(C#N)cc1)c1cc(C)cc(C)c1. The Bertz CT molecular complexity index is 784. The summed E-state index contributed by atoms with van der Waals surface area (Å²) in [6.07, 6.45) is 0. The van der Waals surface area contributed by atoms with Gasteiger partial charge < -0.3 is 10.2 Å². The van der Waals surface area contributed by atoms with Crippen molar-refractivity contribution < 1.29 is 9.59 Å². The average molecular weight is 321 g/mol. The molecule has 122 valence electrons. The van der Waals surface area contributed by atoms with Gasteiger partial charge in [0.05, 0.1) is 11.6 Å². The van der Waals surface area contributed by atoms with Crippen molar-refractivity contribution in [1.29, 1.82) is 5.26 Å². The molecular weight excluding hydrogens is 302 g/mol. The van der Waals surface area contributed by atoms with E-state index in [2.05, 4.69) is 5.32 Å². The summed E-state index contributed by atoms with van der Waals surface area (Å²) in [5.41, 5.74) is 3.87. The van der Waals surface area contributed by atoms with Gasteiger partial charge in [-0.15, -0.1) is 0 Å². The van der Waals surface area contributed by atoms with E-state index in [-0.39, 0.29) is 18.4 Å². The Hall–Kier alpha value is -3.13. The van der Waals surface area contributed by atoms with Crippen LogP contribution in [0.3, 0.4) is 0 Å². The summed E-state index contributed by atoms with van der Waals surface area (Å²) < 4.78 is 0. The van der Waals surface area contributed by atoms with Crippen molar-refractivity contribution in [1.82, 2.24) is 0 Å². The monoisotopic (exact) mass is 321 g/mol. The minimum Gasteiger partial charge on any atom is -0.325 e. The lowest BCUT2D eigenvalue weighted by atomic mass is 10.1. The standard InChI is InChI=1S/C19H19N3O2/c1-13-8-14(2)10-18(9-13)22(15(3)23)12-19(24)21-17-6-4-16(11-20)5-7-17/h4-10H,12H2,1-3H3,(H,21,24). The van der Waals surface area contributed by atoms with Gasteiger partial charge in [-0.25, -0.2) is 0 Å². The second kappa shape index (κ2) is 7.42. The van der Waals surface area contributed by atoms with E-state index in [4.69, 9.17) is 5.26 Å². The summed E-state index contributed by atoms with van der Waals surface area (Å²) in [5, 5.41) is 11.5. The van der Waals surface area contributed by atoms with Crippen molar-refractivity contribution in [3.05, 3.63) is 59.2 Å². The van der Waals surface area contributed by atoms with E-state index in [1.165, 1.54) is 11.8 Å². The third-order valence-electron chi connectivity index (χ3n) is 3.50. The van der Waals surface area contributed by atoms with Crippen molar-refractivity contribution >= 4 is 23.2 Å². The van der Waals surface area contributed by atoms with Gasteiger partial charge >= 0.3 is 0 Å². The van der Waals surface area contributed by atoms with Crippen LogP contribution in [0.1, 0.15) is 23.6 Å². The van der Waals surface area contributed by atoms with Crippen LogP contribution in [-0.4, -0.2) is 18.4 Å². The van der Waals surface area contributed by atoms with Crippen molar-refractivity contribution in [2.75, 3.05) is 16.8 Å². The summed E-state index contributed by atoms with van der Waals surface area (Å²) in [6, 6.07) is 14.4. The number of nitrogens with one attached hydrogen (secondary N) is 1. The first kappa shape index (κ1) is 17.2. The quantitative estimate of drug-likeness (QED) is 0.940. The Labute approximate surface area is 141 Å². The van der Waals surface area contributed by atoms with Crippen LogP contribution in [0.4, 0.5) is 11.4 Å². The molecule has 5 nitrogen and oxygen atoms in total. The van der Waals surface area contributed by atoms with E-state index in [0.717, 1.165) is 11.1 Å². The molecule has 0 radical (unpaired) electrons. The first-order valence-corrected chi connectivity index (χ1v) is 7.55. The number of carbonyl (C=O) groups is 2. The molecule has 2 aromatic rings. The summed E-state index contributed by atoms with van der Waals surface area (Å²) in [6.45, 7) is 5.27. The second-order valence-corrected chi connectivity index (χ2v) is 5.69. The van der Waals surface area contributed by atoms with Gasteiger partial charge in [-0.2, -0.15) is 5.26 Å². The number of hydrogen-bond acceptors (Lipinski definition) is 3.